The third-order valence-electron chi connectivity index (χ3n) is 1.97. The summed E-state index contributed by atoms with van der Waals surface area (Å²) < 4.78 is 10.3. The summed E-state index contributed by atoms with van der Waals surface area (Å²) in [5, 5.41) is 0. The molecule has 0 saturated heterocycles. The van der Waals surface area contributed by atoms with Gasteiger partial charge in [0, 0.05) is 0 Å². The second-order valence-electron chi connectivity index (χ2n) is 3.00. The van der Waals surface area contributed by atoms with Gasteiger partial charge in [-0.05, 0) is 17.7 Å². The first kappa shape index (κ1) is 11.5. The van der Waals surface area contributed by atoms with Gasteiger partial charge in [-0.15, -0.1) is 6.58 Å². The Morgan fingerprint density at radius 3 is 2.53 bits per heavy atom. The number of hydrogen-bond acceptors (Lipinski definition) is 3. The highest BCUT2D eigenvalue weighted by Gasteiger charge is 2.02. The largest absolute Gasteiger partial charge is 0.497 e. The van der Waals surface area contributed by atoms with Crippen molar-refractivity contribution < 1.29 is 14.3 Å². The highest BCUT2D eigenvalue weighted by Crippen LogP contribution is 2.12. The predicted octanol–water partition coefficient (Wildman–Crippen LogP) is 1.97. The lowest BCUT2D eigenvalue weighted by atomic mass is 10.2. The van der Waals surface area contributed by atoms with Gasteiger partial charge >= 0.3 is 0 Å². The minimum absolute atomic E-state index is 0.388. The molecule has 1 unspecified atom stereocenters. The molecular formula is C12H14O3. The van der Waals surface area contributed by atoms with Crippen LogP contribution in [0.1, 0.15) is 5.56 Å². The van der Waals surface area contributed by atoms with Crippen molar-refractivity contribution in [1.82, 2.24) is 0 Å². The summed E-state index contributed by atoms with van der Waals surface area (Å²) in [5.41, 5.74) is 0.990. The number of carbonyl (C=O) groups is 1. The van der Waals surface area contributed by atoms with Gasteiger partial charge in [0.15, 0.2) is 6.29 Å². The molecule has 0 spiro atoms. The molecule has 0 amide bonds. The van der Waals surface area contributed by atoms with E-state index < -0.39 is 6.10 Å². The summed E-state index contributed by atoms with van der Waals surface area (Å²) in [5.74, 6) is 0.800. The first-order valence-corrected chi connectivity index (χ1v) is 4.62. The average molecular weight is 206 g/mol. The SMILES string of the molecule is C=CC(C=O)OCc1ccc(OC)cc1. The first-order chi connectivity index (χ1) is 7.30. The standard InChI is InChI=1S/C12H14O3/c1-3-11(8-13)15-9-10-4-6-12(14-2)7-5-10/h3-8,11H,1,9H2,2H3. The Morgan fingerprint density at radius 2 is 2.07 bits per heavy atom. The summed E-state index contributed by atoms with van der Waals surface area (Å²) in [4.78, 5) is 10.4. The Bertz CT molecular complexity index is 308. The Hall–Kier alpha value is -1.61. The van der Waals surface area contributed by atoms with Crippen LogP contribution in [0.15, 0.2) is 36.9 Å². The third-order valence-corrected chi connectivity index (χ3v) is 1.97. The molecule has 0 aliphatic carbocycles. The van der Waals surface area contributed by atoms with Gasteiger partial charge in [-0.1, -0.05) is 18.2 Å². The van der Waals surface area contributed by atoms with Crippen molar-refractivity contribution in [2.75, 3.05) is 7.11 Å². The molecule has 0 radical (unpaired) electrons. The van der Waals surface area contributed by atoms with Crippen molar-refractivity contribution in [3.8, 4) is 5.75 Å². The summed E-state index contributed by atoms with van der Waals surface area (Å²) in [6.45, 7) is 3.88. The van der Waals surface area contributed by atoms with Crippen LogP contribution in [0.4, 0.5) is 0 Å². The van der Waals surface area contributed by atoms with Gasteiger partial charge in [0.05, 0.1) is 13.7 Å². The summed E-state index contributed by atoms with van der Waals surface area (Å²) in [7, 11) is 1.62. The normalized spacial score (nSPS) is 11.8. The highest BCUT2D eigenvalue weighted by atomic mass is 16.5. The Morgan fingerprint density at radius 1 is 1.40 bits per heavy atom. The zero-order valence-electron chi connectivity index (χ0n) is 8.68. The van der Waals surface area contributed by atoms with Gasteiger partial charge in [0.2, 0.25) is 0 Å². The third kappa shape index (κ3) is 3.56. The number of benzene rings is 1. The second-order valence-corrected chi connectivity index (χ2v) is 3.00. The fraction of sp³-hybridized carbons (Fsp3) is 0.250. The number of hydrogen-bond donors (Lipinski definition) is 0. The number of carbonyl (C=O) groups excluding carboxylic acids is 1. The maximum absolute atomic E-state index is 10.4. The van der Waals surface area contributed by atoms with E-state index in [-0.39, 0.29) is 0 Å². The van der Waals surface area contributed by atoms with E-state index in [0.717, 1.165) is 17.6 Å². The molecule has 3 heteroatoms. The molecule has 0 bridgehead atoms. The molecule has 0 saturated carbocycles. The Balaban J connectivity index is 2.50. The number of rotatable bonds is 6. The molecule has 15 heavy (non-hydrogen) atoms. The second kappa shape index (κ2) is 5.98. The van der Waals surface area contributed by atoms with Gasteiger partial charge in [0.1, 0.15) is 11.9 Å². The molecule has 1 aromatic carbocycles. The molecule has 0 aromatic heterocycles. The number of aldehydes is 1. The number of ether oxygens (including phenoxy) is 2. The lowest BCUT2D eigenvalue weighted by Gasteiger charge is -2.07. The van der Waals surface area contributed by atoms with E-state index >= 15 is 0 Å². The van der Waals surface area contributed by atoms with Gasteiger partial charge in [-0.2, -0.15) is 0 Å². The molecule has 0 aliphatic heterocycles. The zero-order valence-corrected chi connectivity index (χ0v) is 8.68. The van der Waals surface area contributed by atoms with Gasteiger partial charge in [-0.25, -0.2) is 0 Å². The maximum Gasteiger partial charge on any atom is 0.152 e. The van der Waals surface area contributed by atoms with Gasteiger partial charge < -0.3 is 14.3 Å². The minimum Gasteiger partial charge on any atom is -0.497 e. The molecule has 1 aromatic rings. The van der Waals surface area contributed by atoms with E-state index in [1.54, 1.807) is 7.11 Å². The van der Waals surface area contributed by atoms with Crippen LogP contribution >= 0.6 is 0 Å². The van der Waals surface area contributed by atoms with Crippen LogP contribution in [0.2, 0.25) is 0 Å². The quantitative estimate of drug-likeness (QED) is 0.527. The summed E-state index contributed by atoms with van der Waals surface area (Å²) in [6.07, 6.45) is 1.65. The van der Waals surface area contributed by atoms with E-state index in [1.165, 1.54) is 6.08 Å². The van der Waals surface area contributed by atoms with Crippen LogP contribution in [0, 0.1) is 0 Å². The fourth-order valence-electron chi connectivity index (χ4n) is 1.08. The van der Waals surface area contributed by atoms with Crippen LogP contribution in [0.5, 0.6) is 5.75 Å². The Labute approximate surface area is 89.3 Å². The van der Waals surface area contributed by atoms with Crippen molar-refractivity contribution in [3.05, 3.63) is 42.5 Å². The lowest BCUT2D eigenvalue weighted by Crippen LogP contribution is -2.10. The molecule has 1 rings (SSSR count). The Kier molecular flexibility index (Phi) is 4.57. The first-order valence-electron chi connectivity index (χ1n) is 4.62. The lowest BCUT2D eigenvalue weighted by molar-refractivity contribution is -0.116. The molecule has 1 atom stereocenters. The van der Waals surface area contributed by atoms with E-state index in [2.05, 4.69) is 6.58 Å². The fourth-order valence-corrected chi connectivity index (χ4v) is 1.08. The van der Waals surface area contributed by atoms with Gasteiger partial charge in [0.25, 0.3) is 0 Å². The molecule has 0 fully saturated rings. The van der Waals surface area contributed by atoms with Crippen molar-refractivity contribution in [2.24, 2.45) is 0 Å². The number of methoxy groups -OCH3 is 1. The van der Waals surface area contributed by atoms with Crippen molar-refractivity contribution in [2.45, 2.75) is 12.7 Å². The highest BCUT2D eigenvalue weighted by molar-refractivity contribution is 5.58. The molecule has 80 valence electrons. The molecule has 0 heterocycles. The van der Waals surface area contributed by atoms with Crippen molar-refractivity contribution in [3.63, 3.8) is 0 Å². The maximum atomic E-state index is 10.4. The molecule has 0 aliphatic rings. The van der Waals surface area contributed by atoms with Crippen LogP contribution in [0.3, 0.4) is 0 Å². The van der Waals surface area contributed by atoms with Crippen LogP contribution in [0.25, 0.3) is 0 Å². The van der Waals surface area contributed by atoms with Gasteiger partial charge in [-0.3, -0.25) is 0 Å². The van der Waals surface area contributed by atoms with E-state index in [4.69, 9.17) is 9.47 Å². The van der Waals surface area contributed by atoms with Crippen LogP contribution < -0.4 is 4.74 Å². The molecule has 3 nitrogen and oxygen atoms in total. The van der Waals surface area contributed by atoms with E-state index in [0.29, 0.717) is 6.61 Å². The van der Waals surface area contributed by atoms with E-state index in [9.17, 15) is 4.79 Å². The molecular weight excluding hydrogens is 192 g/mol. The van der Waals surface area contributed by atoms with Crippen molar-refractivity contribution >= 4 is 6.29 Å². The average Bonchev–Trinajstić information content (AvgIpc) is 2.31. The summed E-state index contributed by atoms with van der Waals surface area (Å²) in [6, 6.07) is 7.48. The van der Waals surface area contributed by atoms with Crippen LogP contribution in [-0.4, -0.2) is 19.5 Å². The zero-order chi connectivity index (χ0) is 11.1. The smallest absolute Gasteiger partial charge is 0.152 e. The topological polar surface area (TPSA) is 35.5 Å². The predicted molar refractivity (Wildman–Crippen MR) is 57.8 cm³/mol. The summed E-state index contributed by atoms with van der Waals surface area (Å²) >= 11 is 0. The minimum atomic E-state index is -0.535. The molecule has 0 N–H and O–H groups in total. The monoisotopic (exact) mass is 206 g/mol. The van der Waals surface area contributed by atoms with Crippen molar-refractivity contribution in [1.29, 1.82) is 0 Å². The van der Waals surface area contributed by atoms with Crippen LogP contribution in [-0.2, 0) is 16.1 Å². The van der Waals surface area contributed by atoms with E-state index in [1.807, 2.05) is 24.3 Å².